The summed E-state index contributed by atoms with van der Waals surface area (Å²) in [5.41, 5.74) is 1.09. The molecule has 0 spiro atoms. The van der Waals surface area contributed by atoms with Crippen molar-refractivity contribution in [3.05, 3.63) is 47.8 Å². The lowest BCUT2D eigenvalue weighted by atomic mass is 10.2. The van der Waals surface area contributed by atoms with E-state index in [-0.39, 0.29) is 5.89 Å². The molecule has 0 radical (unpaired) electrons. The van der Waals surface area contributed by atoms with E-state index in [1.165, 1.54) is 11.3 Å². The quantitative estimate of drug-likeness (QED) is 0.624. The van der Waals surface area contributed by atoms with Gasteiger partial charge in [0, 0.05) is 31.9 Å². The molecule has 0 saturated carbocycles. The predicted molar refractivity (Wildman–Crippen MR) is 105 cm³/mol. The number of aromatic nitrogens is 2. The van der Waals surface area contributed by atoms with Gasteiger partial charge in [0.2, 0.25) is 15.7 Å². The number of carbonyl (C=O) groups excluding carboxylic acids is 1. The first-order chi connectivity index (χ1) is 13.5. The van der Waals surface area contributed by atoms with Crippen LogP contribution in [-0.4, -0.2) is 61.4 Å². The van der Waals surface area contributed by atoms with E-state index in [4.69, 9.17) is 4.42 Å². The third-order valence-corrected chi connectivity index (χ3v) is 6.65. The first-order valence-corrected chi connectivity index (χ1v) is 11.2. The number of piperazine rings is 1. The van der Waals surface area contributed by atoms with Gasteiger partial charge in [0.05, 0.1) is 4.88 Å². The van der Waals surface area contributed by atoms with Crippen molar-refractivity contribution >= 4 is 32.8 Å². The van der Waals surface area contributed by atoms with Crippen LogP contribution in [0.5, 0.6) is 0 Å². The SMILES string of the molecule is O=C(CS(=O)(=O)c1nnc(-c2cccs2)o1)N1CCN(c2ccccc2)CC1. The number of thiophene rings is 1. The lowest BCUT2D eigenvalue weighted by Crippen LogP contribution is -2.50. The molecule has 0 atom stereocenters. The van der Waals surface area contributed by atoms with Gasteiger partial charge in [-0.1, -0.05) is 29.4 Å². The summed E-state index contributed by atoms with van der Waals surface area (Å²) in [7, 11) is -3.99. The van der Waals surface area contributed by atoms with Gasteiger partial charge >= 0.3 is 5.22 Å². The van der Waals surface area contributed by atoms with Crippen molar-refractivity contribution in [3.63, 3.8) is 0 Å². The summed E-state index contributed by atoms with van der Waals surface area (Å²) in [6.45, 7) is 2.23. The zero-order valence-corrected chi connectivity index (χ0v) is 16.5. The number of hydrogen-bond acceptors (Lipinski definition) is 8. The lowest BCUT2D eigenvalue weighted by molar-refractivity contribution is -0.128. The van der Waals surface area contributed by atoms with Gasteiger partial charge < -0.3 is 14.2 Å². The largest absolute Gasteiger partial charge is 0.407 e. The Bertz CT molecular complexity index is 1040. The Morgan fingerprint density at radius 1 is 1.04 bits per heavy atom. The van der Waals surface area contributed by atoms with Crippen molar-refractivity contribution in [3.8, 4) is 10.8 Å². The Labute approximate surface area is 166 Å². The van der Waals surface area contributed by atoms with E-state index in [9.17, 15) is 13.2 Å². The normalized spacial score (nSPS) is 15.0. The molecule has 1 saturated heterocycles. The van der Waals surface area contributed by atoms with Crippen LogP contribution in [0.1, 0.15) is 0 Å². The van der Waals surface area contributed by atoms with Crippen LogP contribution in [-0.2, 0) is 14.6 Å². The number of nitrogens with zero attached hydrogens (tertiary/aromatic N) is 4. The molecule has 1 aliphatic heterocycles. The Morgan fingerprint density at radius 3 is 2.46 bits per heavy atom. The third-order valence-electron chi connectivity index (χ3n) is 4.47. The molecule has 4 rings (SSSR count). The molecule has 10 heteroatoms. The second-order valence-electron chi connectivity index (χ2n) is 6.31. The van der Waals surface area contributed by atoms with Gasteiger partial charge in [0.1, 0.15) is 5.75 Å². The summed E-state index contributed by atoms with van der Waals surface area (Å²) >= 11 is 1.36. The molecule has 8 nitrogen and oxygen atoms in total. The summed E-state index contributed by atoms with van der Waals surface area (Å²) in [6, 6.07) is 13.5. The molecule has 0 N–H and O–H groups in total. The lowest BCUT2D eigenvalue weighted by Gasteiger charge is -2.36. The number of sulfone groups is 1. The minimum atomic E-state index is -3.99. The van der Waals surface area contributed by atoms with E-state index in [2.05, 4.69) is 15.1 Å². The Morgan fingerprint density at radius 2 is 1.79 bits per heavy atom. The predicted octanol–water partition coefficient (Wildman–Crippen LogP) is 1.92. The van der Waals surface area contributed by atoms with Crippen LogP contribution in [0.4, 0.5) is 5.69 Å². The fourth-order valence-electron chi connectivity index (χ4n) is 3.00. The Kier molecular flexibility index (Phi) is 5.14. The van der Waals surface area contributed by atoms with Gasteiger partial charge in [-0.15, -0.1) is 16.4 Å². The maximum absolute atomic E-state index is 12.5. The van der Waals surface area contributed by atoms with Crippen LogP contribution >= 0.6 is 11.3 Å². The topological polar surface area (TPSA) is 96.6 Å². The summed E-state index contributed by atoms with van der Waals surface area (Å²) < 4.78 is 30.3. The fourth-order valence-corrected chi connectivity index (χ4v) is 4.65. The van der Waals surface area contributed by atoms with Crippen molar-refractivity contribution in [1.82, 2.24) is 15.1 Å². The van der Waals surface area contributed by atoms with Crippen molar-refractivity contribution in [1.29, 1.82) is 0 Å². The highest BCUT2D eigenvalue weighted by atomic mass is 32.2. The van der Waals surface area contributed by atoms with Crippen molar-refractivity contribution in [2.24, 2.45) is 0 Å². The van der Waals surface area contributed by atoms with Crippen LogP contribution in [0, 0.1) is 0 Å². The molecular formula is C18H18N4O4S2. The maximum Gasteiger partial charge on any atom is 0.336 e. The van der Waals surface area contributed by atoms with Gasteiger partial charge in [-0.05, 0) is 23.6 Å². The number of anilines is 1. The number of carbonyl (C=O) groups is 1. The molecule has 3 aromatic rings. The number of hydrogen-bond donors (Lipinski definition) is 0. The highest BCUT2D eigenvalue weighted by molar-refractivity contribution is 7.91. The first-order valence-electron chi connectivity index (χ1n) is 8.71. The number of rotatable bonds is 5. The number of amides is 1. The molecule has 1 fully saturated rings. The van der Waals surface area contributed by atoms with Gasteiger partial charge in [0.25, 0.3) is 5.89 Å². The third kappa shape index (κ3) is 3.92. The molecule has 1 aromatic carbocycles. The van der Waals surface area contributed by atoms with Crippen molar-refractivity contribution in [2.75, 3.05) is 36.8 Å². The number of para-hydroxylation sites is 1. The second-order valence-corrected chi connectivity index (χ2v) is 9.13. The summed E-state index contributed by atoms with van der Waals surface area (Å²) in [4.78, 5) is 16.9. The first kappa shape index (κ1) is 18.6. The molecule has 1 amide bonds. The van der Waals surface area contributed by atoms with Crippen LogP contribution in [0.25, 0.3) is 10.8 Å². The van der Waals surface area contributed by atoms with Gasteiger partial charge in [-0.2, -0.15) is 0 Å². The maximum atomic E-state index is 12.5. The van der Waals surface area contributed by atoms with Crippen LogP contribution in [0.3, 0.4) is 0 Å². The van der Waals surface area contributed by atoms with E-state index >= 15 is 0 Å². The molecule has 1 aliphatic rings. The average molecular weight is 419 g/mol. The van der Waals surface area contributed by atoms with Crippen LogP contribution in [0.2, 0.25) is 0 Å². The fraction of sp³-hybridized carbons (Fsp3) is 0.278. The van der Waals surface area contributed by atoms with E-state index in [1.807, 2.05) is 35.7 Å². The zero-order valence-electron chi connectivity index (χ0n) is 14.9. The Hall–Kier alpha value is -2.72. The van der Waals surface area contributed by atoms with Crippen molar-refractivity contribution in [2.45, 2.75) is 5.22 Å². The summed E-state index contributed by atoms with van der Waals surface area (Å²) in [5.74, 6) is -0.995. The molecule has 0 bridgehead atoms. The van der Waals surface area contributed by atoms with Crippen LogP contribution < -0.4 is 4.90 Å². The van der Waals surface area contributed by atoms with E-state index in [0.29, 0.717) is 31.1 Å². The highest BCUT2D eigenvalue weighted by Crippen LogP contribution is 2.24. The molecule has 3 heterocycles. The minimum absolute atomic E-state index is 0.137. The second kappa shape index (κ2) is 7.72. The molecule has 146 valence electrons. The standard InChI is InChI=1S/C18H18N4O4S2/c23-16(22-10-8-21(9-11-22)14-5-2-1-3-6-14)13-28(24,25)18-20-19-17(26-18)15-7-4-12-27-15/h1-7,12H,8-11,13H2. The molecule has 0 unspecified atom stereocenters. The Balaban J connectivity index is 1.38. The van der Waals surface area contributed by atoms with Crippen molar-refractivity contribution < 1.29 is 17.6 Å². The van der Waals surface area contributed by atoms with Gasteiger partial charge in [-0.3, -0.25) is 4.79 Å². The van der Waals surface area contributed by atoms with Gasteiger partial charge in [-0.25, -0.2) is 8.42 Å². The molecular weight excluding hydrogens is 400 g/mol. The van der Waals surface area contributed by atoms with E-state index < -0.39 is 26.7 Å². The van der Waals surface area contributed by atoms with Crippen LogP contribution in [0.15, 0.2) is 57.5 Å². The summed E-state index contributed by atoms with van der Waals surface area (Å²) in [5, 5.41) is 8.69. The van der Waals surface area contributed by atoms with E-state index in [0.717, 1.165) is 5.69 Å². The van der Waals surface area contributed by atoms with E-state index in [1.54, 1.807) is 17.0 Å². The van der Waals surface area contributed by atoms with Gasteiger partial charge in [0.15, 0.2) is 0 Å². The zero-order chi connectivity index (χ0) is 19.6. The summed E-state index contributed by atoms with van der Waals surface area (Å²) in [6.07, 6.45) is 0. The monoisotopic (exact) mass is 418 g/mol. The molecule has 28 heavy (non-hydrogen) atoms. The highest BCUT2D eigenvalue weighted by Gasteiger charge is 2.30. The number of benzene rings is 1. The molecule has 2 aromatic heterocycles. The minimum Gasteiger partial charge on any atom is -0.407 e. The molecule has 0 aliphatic carbocycles. The smallest absolute Gasteiger partial charge is 0.336 e. The average Bonchev–Trinajstić information content (AvgIpc) is 3.40.